The molecule has 1 atom stereocenters. The fraction of sp³-hybridized carbons (Fsp3) is 0.441. The molecule has 246 valence electrons. The molecule has 13 nitrogen and oxygen atoms in total. The monoisotopic (exact) mass is 639 g/mol. The van der Waals surface area contributed by atoms with Crippen LogP contribution in [0.15, 0.2) is 53.4 Å². The summed E-state index contributed by atoms with van der Waals surface area (Å²) in [5.41, 5.74) is 4.05. The number of carbonyl (C=O) groups excluding carboxylic acids is 2. The van der Waals surface area contributed by atoms with Crippen molar-refractivity contribution in [1.29, 1.82) is 0 Å². The molecule has 1 saturated carbocycles. The summed E-state index contributed by atoms with van der Waals surface area (Å²) in [4.78, 5) is 46.9. The predicted molar refractivity (Wildman–Crippen MR) is 177 cm³/mol. The summed E-state index contributed by atoms with van der Waals surface area (Å²) in [5, 5.41) is 10.2. The number of piperazine rings is 1. The van der Waals surface area contributed by atoms with Crippen molar-refractivity contribution in [2.75, 3.05) is 36.4 Å². The minimum absolute atomic E-state index is 0.0162. The highest BCUT2D eigenvalue weighted by Crippen LogP contribution is 2.46. The van der Waals surface area contributed by atoms with Crippen molar-refractivity contribution in [3.63, 3.8) is 0 Å². The Bertz CT molecular complexity index is 1750. The van der Waals surface area contributed by atoms with Crippen LogP contribution in [0, 0.1) is 6.92 Å². The van der Waals surface area contributed by atoms with Gasteiger partial charge in [-0.1, -0.05) is 24.2 Å². The maximum Gasteiger partial charge on any atom is 0.410 e. The third-order valence-electron chi connectivity index (χ3n) is 8.51. The van der Waals surface area contributed by atoms with Gasteiger partial charge < -0.3 is 29.7 Å². The van der Waals surface area contributed by atoms with Gasteiger partial charge in [0.25, 0.3) is 0 Å². The lowest BCUT2D eigenvalue weighted by Crippen LogP contribution is -2.50. The van der Waals surface area contributed by atoms with Crippen LogP contribution in [0.5, 0.6) is 0 Å². The number of ether oxygens (including phenoxy) is 1. The molecule has 0 bridgehead atoms. The van der Waals surface area contributed by atoms with Crippen LogP contribution in [-0.2, 0) is 10.2 Å². The smallest absolute Gasteiger partial charge is 0.410 e. The Morgan fingerprint density at radius 1 is 1.00 bits per heavy atom. The van der Waals surface area contributed by atoms with E-state index in [1.807, 2.05) is 77.2 Å². The molecule has 0 unspecified atom stereocenters. The molecular formula is C34H41N9O4. The van der Waals surface area contributed by atoms with Gasteiger partial charge in [0.1, 0.15) is 23.6 Å². The molecule has 2 fully saturated rings. The molecule has 3 aromatic heterocycles. The van der Waals surface area contributed by atoms with Gasteiger partial charge in [0, 0.05) is 43.2 Å². The highest BCUT2D eigenvalue weighted by molar-refractivity contribution is 5.89. The van der Waals surface area contributed by atoms with E-state index in [1.54, 1.807) is 4.90 Å². The zero-order valence-electron chi connectivity index (χ0n) is 27.7. The lowest BCUT2D eigenvalue weighted by atomic mass is 9.98. The number of pyridine rings is 1. The number of aromatic nitrogens is 5. The number of nitrogens with zero attached hydrogens (tertiary/aromatic N) is 7. The van der Waals surface area contributed by atoms with Crippen LogP contribution in [0.3, 0.4) is 0 Å². The third kappa shape index (κ3) is 7.50. The first-order valence-corrected chi connectivity index (χ1v) is 15.9. The molecule has 4 heterocycles. The Hall–Kier alpha value is -5.07. The lowest BCUT2D eigenvalue weighted by Gasteiger charge is -2.36. The second kappa shape index (κ2) is 12.6. The van der Waals surface area contributed by atoms with E-state index in [0.29, 0.717) is 43.6 Å². The summed E-state index contributed by atoms with van der Waals surface area (Å²) in [6.07, 6.45) is 5.06. The summed E-state index contributed by atoms with van der Waals surface area (Å²) in [6, 6.07) is 11.5. The second-order valence-electron chi connectivity index (χ2n) is 13.5. The molecule has 1 aliphatic carbocycles. The molecule has 1 aliphatic heterocycles. The number of anilines is 3. The Balaban J connectivity index is 1.05. The molecule has 0 radical (unpaired) electrons. The topological polar surface area (TPSA) is 152 Å². The van der Waals surface area contributed by atoms with Gasteiger partial charge in [0.05, 0.1) is 23.6 Å². The van der Waals surface area contributed by atoms with Crippen LogP contribution in [0.4, 0.5) is 22.1 Å². The van der Waals surface area contributed by atoms with Gasteiger partial charge in [-0.3, -0.25) is 4.79 Å². The van der Waals surface area contributed by atoms with Gasteiger partial charge in [-0.2, -0.15) is 4.98 Å². The molecule has 1 saturated heterocycles. The maximum atomic E-state index is 12.8. The van der Waals surface area contributed by atoms with Crippen molar-refractivity contribution in [2.24, 2.45) is 0 Å². The third-order valence-corrected chi connectivity index (χ3v) is 8.51. The van der Waals surface area contributed by atoms with Crippen molar-refractivity contribution >= 4 is 29.3 Å². The van der Waals surface area contributed by atoms with E-state index in [-0.39, 0.29) is 23.4 Å². The van der Waals surface area contributed by atoms with Crippen molar-refractivity contribution in [3.8, 4) is 11.3 Å². The zero-order chi connectivity index (χ0) is 33.3. The number of nitrogens with one attached hydrogen (secondary N) is 2. The fourth-order valence-electron chi connectivity index (χ4n) is 5.46. The van der Waals surface area contributed by atoms with Gasteiger partial charge in [-0.15, -0.1) is 0 Å². The summed E-state index contributed by atoms with van der Waals surface area (Å²) in [7, 11) is 0. The average Bonchev–Trinajstić information content (AvgIpc) is 3.58. The number of hydrogen-bond donors (Lipinski definition) is 2. The van der Waals surface area contributed by atoms with E-state index in [9.17, 15) is 9.59 Å². The van der Waals surface area contributed by atoms with Crippen LogP contribution in [0.2, 0.25) is 0 Å². The van der Waals surface area contributed by atoms with Crippen molar-refractivity contribution < 1.29 is 18.8 Å². The highest BCUT2D eigenvalue weighted by atomic mass is 16.6. The normalized spacial score (nSPS) is 16.4. The first-order valence-electron chi connectivity index (χ1n) is 15.9. The molecular weight excluding hydrogens is 598 g/mol. The molecule has 4 aromatic rings. The molecule has 6 rings (SSSR count). The SMILES string of the molecule is Cc1cc(-c2cc(Nc3ccc(N4CCN(C(=O)OC(C)(C)C)CC4)cn3)ncn2)ccc1[C@@H](C)NC(=O)c1nc(C2(C)CC2)no1. The zero-order valence-corrected chi connectivity index (χ0v) is 27.7. The van der Waals surface area contributed by atoms with Gasteiger partial charge in [0.15, 0.2) is 5.82 Å². The number of rotatable bonds is 8. The highest BCUT2D eigenvalue weighted by Gasteiger charge is 2.44. The van der Waals surface area contributed by atoms with E-state index in [0.717, 1.165) is 40.9 Å². The molecule has 13 heteroatoms. The quantitative estimate of drug-likeness (QED) is 0.249. The number of carbonyl (C=O) groups is 2. The van der Waals surface area contributed by atoms with E-state index in [2.05, 4.69) is 47.5 Å². The number of amides is 2. The fourth-order valence-corrected chi connectivity index (χ4v) is 5.46. The molecule has 47 heavy (non-hydrogen) atoms. The minimum atomic E-state index is -0.509. The van der Waals surface area contributed by atoms with Crippen molar-refractivity contribution in [1.82, 2.24) is 35.3 Å². The van der Waals surface area contributed by atoms with Crippen LogP contribution < -0.4 is 15.5 Å². The molecule has 2 amide bonds. The second-order valence-corrected chi connectivity index (χ2v) is 13.5. The number of aryl methyl sites for hydroxylation is 1. The van der Waals surface area contributed by atoms with Gasteiger partial charge >= 0.3 is 17.9 Å². The molecule has 1 aromatic carbocycles. The van der Waals surface area contributed by atoms with Crippen LogP contribution >= 0.6 is 0 Å². The number of hydrogen-bond acceptors (Lipinski definition) is 11. The van der Waals surface area contributed by atoms with E-state index >= 15 is 0 Å². The molecule has 2 N–H and O–H groups in total. The first-order chi connectivity index (χ1) is 22.4. The summed E-state index contributed by atoms with van der Waals surface area (Å²) >= 11 is 0. The Labute approximate surface area is 274 Å². The van der Waals surface area contributed by atoms with Gasteiger partial charge in [-0.05, 0) is 76.8 Å². The summed E-state index contributed by atoms with van der Waals surface area (Å²) in [5.74, 6) is 1.45. The Kier molecular flexibility index (Phi) is 8.56. The summed E-state index contributed by atoms with van der Waals surface area (Å²) in [6.45, 7) is 14.2. The number of benzene rings is 1. The Morgan fingerprint density at radius 3 is 2.43 bits per heavy atom. The van der Waals surface area contributed by atoms with Crippen molar-refractivity contribution in [3.05, 3.63) is 71.8 Å². The standard InChI is InChI=1S/C34H41N9O4/c1-21-17-23(7-9-25(21)22(2)38-29(44)30-40-31(41-47-30)34(6)11-12-34)26-18-28(37-20-36-26)39-27-10-8-24(19-35-27)42-13-15-43(16-14-42)32(45)46-33(3,4)5/h7-10,17-20,22H,11-16H2,1-6H3,(H,38,44)(H,35,36,37,39)/t22-/m1/s1. The van der Waals surface area contributed by atoms with E-state index in [4.69, 9.17) is 9.26 Å². The van der Waals surface area contributed by atoms with Crippen LogP contribution in [-0.4, -0.2) is 73.8 Å². The molecule has 2 aliphatic rings. The van der Waals surface area contributed by atoms with Gasteiger partial charge in [0.2, 0.25) is 0 Å². The lowest BCUT2D eigenvalue weighted by molar-refractivity contribution is 0.0240. The average molecular weight is 640 g/mol. The largest absolute Gasteiger partial charge is 0.444 e. The molecule has 0 spiro atoms. The minimum Gasteiger partial charge on any atom is -0.444 e. The van der Waals surface area contributed by atoms with Crippen LogP contribution in [0.1, 0.15) is 81.1 Å². The van der Waals surface area contributed by atoms with E-state index < -0.39 is 11.5 Å². The first kappa shape index (κ1) is 31.9. The predicted octanol–water partition coefficient (Wildman–Crippen LogP) is 5.57. The summed E-state index contributed by atoms with van der Waals surface area (Å²) < 4.78 is 10.7. The van der Waals surface area contributed by atoms with Gasteiger partial charge in [-0.25, -0.2) is 19.7 Å². The van der Waals surface area contributed by atoms with E-state index in [1.165, 1.54) is 6.33 Å². The van der Waals surface area contributed by atoms with Crippen molar-refractivity contribution in [2.45, 2.75) is 71.4 Å². The maximum absolute atomic E-state index is 12.8. The Morgan fingerprint density at radius 2 is 1.77 bits per heavy atom. The van der Waals surface area contributed by atoms with Crippen LogP contribution in [0.25, 0.3) is 11.3 Å².